The van der Waals surface area contributed by atoms with Crippen LogP contribution in [0.1, 0.15) is 21.9 Å². The van der Waals surface area contributed by atoms with Gasteiger partial charge < -0.3 is 14.7 Å². The van der Waals surface area contributed by atoms with Crippen molar-refractivity contribution in [2.24, 2.45) is 0 Å². The Labute approximate surface area is 152 Å². The zero-order chi connectivity index (χ0) is 19.4. The normalized spacial score (nSPS) is 10.9. The molecule has 0 aliphatic carbocycles. The average molecular weight is 366 g/mol. The molecule has 27 heavy (non-hydrogen) atoms. The maximum atomic E-state index is 11.9. The fourth-order valence-electron chi connectivity index (χ4n) is 2.30. The highest BCUT2D eigenvalue weighted by Gasteiger charge is 2.10. The lowest BCUT2D eigenvalue weighted by Crippen LogP contribution is -2.27. The Bertz CT molecular complexity index is 1080. The number of aromatic nitrogens is 2. The molecule has 1 amide bonds. The van der Waals surface area contributed by atoms with Crippen LogP contribution in [-0.4, -0.2) is 27.8 Å². The summed E-state index contributed by atoms with van der Waals surface area (Å²) >= 11 is 0. The van der Waals surface area contributed by atoms with E-state index in [1.165, 1.54) is 31.5 Å². The SMILES string of the molecule is CNC(=O)c1cnc(/C=C/c2ccc(-c3ccc([N+](=O)[O-])cc3)o2)[nH]c1=O. The molecule has 0 saturated carbocycles. The number of carbonyl (C=O) groups is 1. The number of non-ortho nitro benzene ring substituents is 1. The summed E-state index contributed by atoms with van der Waals surface area (Å²) in [5.74, 6) is 0.793. The first kappa shape index (κ1) is 17.8. The van der Waals surface area contributed by atoms with E-state index in [2.05, 4.69) is 15.3 Å². The molecular formula is C18H14N4O5. The van der Waals surface area contributed by atoms with Gasteiger partial charge in [-0.25, -0.2) is 4.98 Å². The molecule has 3 aromatic rings. The van der Waals surface area contributed by atoms with Crippen LogP contribution in [0.3, 0.4) is 0 Å². The third-order valence-corrected chi connectivity index (χ3v) is 3.69. The molecular weight excluding hydrogens is 352 g/mol. The summed E-state index contributed by atoms with van der Waals surface area (Å²) in [4.78, 5) is 40.1. The zero-order valence-electron chi connectivity index (χ0n) is 14.1. The number of nitro benzene ring substituents is 1. The molecule has 9 nitrogen and oxygen atoms in total. The number of nitrogens with zero attached hydrogens (tertiary/aromatic N) is 2. The van der Waals surface area contributed by atoms with Gasteiger partial charge in [0.2, 0.25) is 0 Å². The molecule has 2 heterocycles. The van der Waals surface area contributed by atoms with Crippen LogP contribution in [0, 0.1) is 10.1 Å². The summed E-state index contributed by atoms with van der Waals surface area (Å²) in [7, 11) is 1.43. The second-order valence-corrected chi connectivity index (χ2v) is 5.43. The maximum absolute atomic E-state index is 11.9. The molecule has 1 aromatic carbocycles. The summed E-state index contributed by atoms with van der Waals surface area (Å²) in [5.41, 5.74) is 0.0745. The number of furan rings is 1. The molecule has 9 heteroatoms. The number of amides is 1. The van der Waals surface area contributed by atoms with Crippen molar-refractivity contribution >= 4 is 23.7 Å². The Morgan fingerprint density at radius 1 is 1.22 bits per heavy atom. The number of aromatic amines is 1. The fraction of sp³-hybridized carbons (Fsp3) is 0.0556. The smallest absolute Gasteiger partial charge is 0.269 e. The van der Waals surface area contributed by atoms with E-state index in [1.807, 2.05) is 0 Å². The Hall–Kier alpha value is -4.01. The molecule has 3 rings (SSSR count). The third kappa shape index (κ3) is 3.98. The van der Waals surface area contributed by atoms with Crippen molar-refractivity contribution < 1.29 is 14.1 Å². The van der Waals surface area contributed by atoms with Crippen molar-refractivity contribution in [2.45, 2.75) is 0 Å². The Balaban J connectivity index is 1.77. The van der Waals surface area contributed by atoms with E-state index in [9.17, 15) is 19.7 Å². The van der Waals surface area contributed by atoms with Crippen LogP contribution in [0.15, 0.2) is 51.8 Å². The first-order chi connectivity index (χ1) is 13.0. The second kappa shape index (κ2) is 7.48. The van der Waals surface area contributed by atoms with Gasteiger partial charge in [-0.05, 0) is 36.4 Å². The summed E-state index contributed by atoms with van der Waals surface area (Å²) < 4.78 is 5.66. The standard InChI is InChI=1S/C18H14N4O5/c1-19-17(23)14-10-20-16(21-18(14)24)9-7-13-6-8-15(27-13)11-2-4-12(5-3-11)22(25)26/h2-10H,1H3,(H,19,23)(H,20,21,24)/b9-7+. The average Bonchev–Trinajstić information content (AvgIpc) is 3.15. The summed E-state index contributed by atoms with van der Waals surface area (Å²) in [6, 6.07) is 9.43. The lowest BCUT2D eigenvalue weighted by Gasteiger charge is -1.98. The fourth-order valence-corrected chi connectivity index (χ4v) is 2.30. The molecule has 2 aromatic heterocycles. The van der Waals surface area contributed by atoms with E-state index in [0.29, 0.717) is 17.1 Å². The minimum atomic E-state index is -0.546. The number of H-pyrrole nitrogens is 1. The quantitative estimate of drug-likeness (QED) is 0.527. The summed E-state index contributed by atoms with van der Waals surface area (Å²) in [6.45, 7) is 0. The van der Waals surface area contributed by atoms with Crippen molar-refractivity contribution in [3.05, 3.63) is 80.2 Å². The van der Waals surface area contributed by atoms with Crippen LogP contribution in [0.2, 0.25) is 0 Å². The predicted octanol–water partition coefficient (Wildman–Crippen LogP) is 2.47. The van der Waals surface area contributed by atoms with Crippen LogP contribution in [-0.2, 0) is 0 Å². The number of hydrogen-bond acceptors (Lipinski definition) is 6. The highest BCUT2D eigenvalue weighted by atomic mass is 16.6. The minimum absolute atomic E-state index is 0.000607. The maximum Gasteiger partial charge on any atom is 0.269 e. The van der Waals surface area contributed by atoms with E-state index in [-0.39, 0.29) is 17.1 Å². The topological polar surface area (TPSA) is 131 Å². The molecule has 0 unspecified atom stereocenters. The number of nitro groups is 1. The molecule has 0 radical (unpaired) electrons. The first-order valence-electron chi connectivity index (χ1n) is 7.82. The lowest BCUT2D eigenvalue weighted by molar-refractivity contribution is -0.384. The number of benzene rings is 1. The van der Waals surface area contributed by atoms with Crippen molar-refractivity contribution in [2.75, 3.05) is 7.05 Å². The van der Waals surface area contributed by atoms with E-state index >= 15 is 0 Å². The number of rotatable bonds is 5. The van der Waals surface area contributed by atoms with Gasteiger partial charge >= 0.3 is 0 Å². The van der Waals surface area contributed by atoms with Crippen LogP contribution < -0.4 is 10.9 Å². The molecule has 0 atom stereocenters. The van der Waals surface area contributed by atoms with Crippen LogP contribution >= 0.6 is 0 Å². The van der Waals surface area contributed by atoms with Gasteiger partial charge in [0.25, 0.3) is 17.2 Å². The van der Waals surface area contributed by atoms with E-state index in [4.69, 9.17) is 4.42 Å². The van der Waals surface area contributed by atoms with E-state index < -0.39 is 16.4 Å². The van der Waals surface area contributed by atoms with Gasteiger partial charge in [0.15, 0.2) is 0 Å². The molecule has 0 saturated heterocycles. The monoisotopic (exact) mass is 366 g/mol. The van der Waals surface area contributed by atoms with Gasteiger partial charge in [-0.3, -0.25) is 19.7 Å². The molecule has 0 aliphatic heterocycles. The van der Waals surface area contributed by atoms with E-state index in [1.54, 1.807) is 30.3 Å². The molecule has 136 valence electrons. The third-order valence-electron chi connectivity index (χ3n) is 3.69. The van der Waals surface area contributed by atoms with Gasteiger partial charge in [0.1, 0.15) is 22.9 Å². The Morgan fingerprint density at radius 3 is 2.59 bits per heavy atom. The molecule has 0 bridgehead atoms. The van der Waals surface area contributed by atoms with Crippen LogP contribution in [0.4, 0.5) is 5.69 Å². The van der Waals surface area contributed by atoms with Gasteiger partial charge in [-0.15, -0.1) is 0 Å². The van der Waals surface area contributed by atoms with Crippen LogP contribution in [0.25, 0.3) is 23.5 Å². The molecule has 2 N–H and O–H groups in total. The number of hydrogen-bond donors (Lipinski definition) is 2. The van der Waals surface area contributed by atoms with Gasteiger partial charge in [-0.1, -0.05) is 0 Å². The van der Waals surface area contributed by atoms with Gasteiger partial charge in [-0.2, -0.15) is 0 Å². The highest BCUT2D eigenvalue weighted by molar-refractivity contribution is 5.93. The largest absolute Gasteiger partial charge is 0.457 e. The molecule has 0 fully saturated rings. The van der Waals surface area contributed by atoms with Gasteiger partial charge in [0, 0.05) is 30.9 Å². The van der Waals surface area contributed by atoms with E-state index in [0.717, 1.165) is 0 Å². The van der Waals surface area contributed by atoms with Crippen molar-refractivity contribution in [3.8, 4) is 11.3 Å². The number of nitrogens with one attached hydrogen (secondary N) is 2. The molecule has 0 spiro atoms. The minimum Gasteiger partial charge on any atom is -0.457 e. The van der Waals surface area contributed by atoms with Gasteiger partial charge in [0.05, 0.1) is 4.92 Å². The Kier molecular flexibility index (Phi) is 4.93. The highest BCUT2D eigenvalue weighted by Crippen LogP contribution is 2.25. The lowest BCUT2D eigenvalue weighted by atomic mass is 10.1. The van der Waals surface area contributed by atoms with Crippen molar-refractivity contribution in [3.63, 3.8) is 0 Å². The van der Waals surface area contributed by atoms with Crippen LogP contribution in [0.5, 0.6) is 0 Å². The zero-order valence-corrected chi connectivity index (χ0v) is 14.1. The van der Waals surface area contributed by atoms with Crippen molar-refractivity contribution in [1.82, 2.24) is 15.3 Å². The Morgan fingerprint density at radius 2 is 1.96 bits per heavy atom. The first-order valence-corrected chi connectivity index (χ1v) is 7.82. The number of carbonyl (C=O) groups excluding carboxylic acids is 1. The summed E-state index contributed by atoms with van der Waals surface area (Å²) in [6.07, 6.45) is 4.34. The van der Waals surface area contributed by atoms with Crippen molar-refractivity contribution in [1.29, 1.82) is 0 Å². The molecule has 0 aliphatic rings. The summed E-state index contributed by atoms with van der Waals surface area (Å²) in [5, 5.41) is 13.0. The second-order valence-electron chi connectivity index (χ2n) is 5.43. The predicted molar refractivity (Wildman–Crippen MR) is 98.0 cm³/mol.